The fraction of sp³-hybridized carbons (Fsp3) is 0.727. The lowest BCUT2D eigenvalue weighted by Gasteiger charge is -2.32. The van der Waals surface area contributed by atoms with Crippen LogP contribution in [0.5, 0.6) is 0 Å². The van der Waals surface area contributed by atoms with Gasteiger partial charge in [-0.15, -0.1) is 0 Å². The van der Waals surface area contributed by atoms with Gasteiger partial charge < -0.3 is 45.2 Å². The highest BCUT2D eigenvalue weighted by Crippen LogP contribution is 2.66. The number of amidine groups is 1. The van der Waals surface area contributed by atoms with E-state index in [1.807, 2.05) is 0 Å². The third kappa shape index (κ3) is 5.51. The van der Waals surface area contributed by atoms with Crippen molar-refractivity contribution in [3.8, 4) is 0 Å². The molecule has 3 aliphatic rings. The van der Waals surface area contributed by atoms with Crippen LogP contribution in [0, 0.1) is 0 Å². The zero-order chi connectivity index (χ0) is 24.1. The molecule has 182 valence electrons. The molecule has 1 saturated heterocycles. The first-order valence-corrected chi connectivity index (χ1v) is 13.0. The fourth-order valence-corrected chi connectivity index (χ4v) is 6.22. The molecule has 8 N–H and O–H groups in total. The largest absolute Gasteiger partial charge is 0.490 e. The van der Waals surface area contributed by atoms with Crippen molar-refractivity contribution in [2.45, 2.75) is 43.2 Å². The predicted molar refractivity (Wildman–Crippen MR) is 103 cm³/mol. The van der Waals surface area contributed by atoms with Gasteiger partial charge in [-0.1, -0.05) is 0 Å². The molecule has 0 aromatic rings. The Bertz CT molecular complexity index is 985. The Morgan fingerprint density at radius 2 is 1.81 bits per heavy atom. The summed E-state index contributed by atoms with van der Waals surface area (Å²) in [6, 6.07) is -0.658. The number of ether oxygens (including phenoxy) is 1. The molecule has 0 radical (unpaired) electrons. The van der Waals surface area contributed by atoms with Crippen molar-refractivity contribution < 1.29 is 61.4 Å². The van der Waals surface area contributed by atoms with Crippen LogP contribution in [0.4, 0.5) is 0 Å². The van der Waals surface area contributed by atoms with Gasteiger partial charge in [-0.3, -0.25) is 9.52 Å². The van der Waals surface area contributed by atoms with E-state index in [2.05, 4.69) is 28.1 Å². The van der Waals surface area contributed by atoms with Crippen LogP contribution in [0.2, 0.25) is 0 Å². The molecule has 3 rings (SSSR count). The normalized spacial score (nSPS) is 38.3. The monoisotopic (exact) mass is 523 g/mol. The average Bonchev–Trinajstić information content (AvgIpc) is 3.14. The first-order chi connectivity index (χ1) is 14.5. The first-order valence-electron chi connectivity index (χ1n) is 8.51. The van der Waals surface area contributed by atoms with Gasteiger partial charge in [0.25, 0.3) is 0 Å². The lowest BCUT2D eigenvalue weighted by Crippen LogP contribution is -2.51. The molecule has 18 nitrogen and oxygen atoms in total. The minimum absolute atomic E-state index is 0.159. The maximum Gasteiger partial charge on any atom is 0.490 e. The molecule has 0 bridgehead atoms. The van der Waals surface area contributed by atoms with E-state index in [1.165, 1.54) is 24.5 Å². The van der Waals surface area contributed by atoms with E-state index in [9.17, 15) is 33.7 Å². The quantitative estimate of drug-likeness (QED) is 0.163. The molecule has 0 aromatic carbocycles. The van der Waals surface area contributed by atoms with Crippen molar-refractivity contribution in [3.63, 3.8) is 0 Å². The Morgan fingerprint density at radius 3 is 2.44 bits per heavy atom. The molecule has 1 fully saturated rings. The molecule has 0 saturated carbocycles. The van der Waals surface area contributed by atoms with Gasteiger partial charge in [0.2, 0.25) is 0 Å². The molecule has 3 aliphatic heterocycles. The highest BCUT2D eigenvalue weighted by atomic mass is 31.3. The van der Waals surface area contributed by atoms with Crippen molar-refractivity contribution >= 4 is 42.0 Å². The summed E-state index contributed by atoms with van der Waals surface area (Å²) >= 11 is 0. The maximum absolute atomic E-state index is 11.9. The van der Waals surface area contributed by atoms with Crippen LogP contribution >= 0.6 is 23.5 Å². The topological polar surface area (TPSA) is 276 Å². The van der Waals surface area contributed by atoms with Crippen molar-refractivity contribution in [2.75, 3.05) is 6.61 Å². The summed E-state index contributed by atoms with van der Waals surface area (Å²) in [5, 5.41) is 20.9. The molecule has 8 atom stereocenters. The van der Waals surface area contributed by atoms with Gasteiger partial charge in [-0.2, -0.15) is 8.62 Å². The molecule has 0 aliphatic carbocycles. The second kappa shape index (κ2) is 8.60. The Kier molecular flexibility index (Phi) is 6.86. The summed E-state index contributed by atoms with van der Waals surface area (Å²) in [6.45, 7) is 0.216. The van der Waals surface area contributed by atoms with Gasteiger partial charge in [0.15, 0.2) is 12.4 Å². The standard InChI is InChI=1S/C11H20N5O13P3/c1-11(2-26-31(22,23)29-32(24,25)28-30(19,20)21)7(18)6(17)10(27-11)16-4-15-5-8(12)13-3-14-9(5)16/h3-7,9-10,17-18H,2H2,1H3,(H,22,23)(H,24,25)(H2,12,13,14)(H2,19,20,21)/t5?,6-,7?,9?,10+,11+/m0/s1. The first kappa shape index (κ1) is 25.5. The number of phosphoric acid groups is 3. The van der Waals surface area contributed by atoms with E-state index in [4.69, 9.17) is 20.3 Å². The number of nitrogens with zero attached hydrogens (tertiary/aromatic N) is 4. The van der Waals surface area contributed by atoms with Crippen LogP contribution in [0.25, 0.3) is 0 Å². The number of aliphatic hydroxyl groups is 2. The minimum atomic E-state index is -5.72. The molecule has 21 heteroatoms. The van der Waals surface area contributed by atoms with Gasteiger partial charge in [0.05, 0.1) is 12.9 Å². The smallest absolute Gasteiger partial charge is 0.387 e. The minimum Gasteiger partial charge on any atom is -0.387 e. The van der Waals surface area contributed by atoms with Crippen LogP contribution in [-0.2, 0) is 31.6 Å². The predicted octanol–water partition coefficient (Wildman–Crippen LogP) is -2.40. The van der Waals surface area contributed by atoms with E-state index in [0.29, 0.717) is 0 Å². The molecular weight excluding hydrogens is 503 g/mol. The summed E-state index contributed by atoms with van der Waals surface area (Å²) in [7, 11) is -16.7. The van der Waals surface area contributed by atoms with Gasteiger partial charge in [-0.05, 0) is 6.92 Å². The van der Waals surface area contributed by atoms with Crippen LogP contribution in [0.15, 0.2) is 15.0 Å². The second-order valence-corrected chi connectivity index (χ2v) is 11.4. The van der Waals surface area contributed by atoms with Crippen LogP contribution in [0.3, 0.4) is 0 Å². The molecule has 0 aromatic heterocycles. The van der Waals surface area contributed by atoms with Crippen LogP contribution < -0.4 is 5.73 Å². The van der Waals surface area contributed by atoms with Crippen LogP contribution in [-0.4, -0.2) is 96.1 Å². The lowest BCUT2D eigenvalue weighted by molar-refractivity contribution is -0.127. The van der Waals surface area contributed by atoms with E-state index in [-0.39, 0.29) is 5.84 Å². The van der Waals surface area contributed by atoms with E-state index >= 15 is 0 Å². The summed E-state index contributed by atoms with van der Waals surface area (Å²) in [5.74, 6) is 0.159. The van der Waals surface area contributed by atoms with Gasteiger partial charge >= 0.3 is 23.5 Å². The SMILES string of the molecule is C[C@]1(COP(=O)(O)OP(=O)(O)OP(=O)(O)O)O[C@@H](N2C=NC3C(N)=NC=NC32)[C@@H](O)C1O. The van der Waals surface area contributed by atoms with Crippen molar-refractivity contribution in [3.05, 3.63) is 0 Å². The van der Waals surface area contributed by atoms with Gasteiger partial charge in [0, 0.05) is 0 Å². The highest BCUT2D eigenvalue weighted by Gasteiger charge is 2.56. The average molecular weight is 523 g/mol. The van der Waals surface area contributed by atoms with Crippen LogP contribution in [0.1, 0.15) is 6.92 Å². The Balaban J connectivity index is 1.67. The van der Waals surface area contributed by atoms with Gasteiger partial charge in [0.1, 0.15) is 36.0 Å². The van der Waals surface area contributed by atoms with Crippen molar-refractivity contribution in [1.29, 1.82) is 0 Å². The lowest BCUT2D eigenvalue weighted by atomic mass is 9.98. The number of rotatable bonds is 8. The van der Waals surface area contributed by atoms with E-state index in [1.54, 1.807) is 0 Å². The van der Waals surface area contributed by atoms with E-state index in [0.717, 1.165) is 0 Å². The molecule has 3 heterocycles. The number of hydrogen-bond donors (Lipinski definition) is 7. The summed E-state index contributed by atoms with van der Waals surface area (Å²) in [4.78, 5) is 49.2. The third-order valence-electron chi connectivity index (χ3n) is 4.53. The zero-order valence-corrected chi connectivity index (χ0v) is 18.7. The Labute approximate surface area is 179 Å². The Hall–Kier alpha value is -1.10. The number of hydrogen-bond acceptors (Lipinski definition) is 14. The van der Waals surface area contributed by atoms with E-state index < -0.39 is 66.3 Å². The number of phosphoric ester groups is 1. The number of nitrogens with two attached hydrogens (primary N) is 1. The molecule has 0 amide bonds. The number of aliphatic hydroxyl groups excluding tert-OH is 2. The molecular formula is C11H20N5O13P3. The van der Waals surface area contributed by atoms with Crippen molar-refractivity contribution in [1.82, 2.24) is 4.90 Å². The van der Waals surface area contributed by atoms with Gasteiger partial charge in [-0.25, -0.2) is 23.7 Å². The molecule has 32 heavy (non-hydrogen) atoms. The maximum atomic E-state index is 11.9. The number of fused-ring (bicyclic) bond motifs is 1. The second-order valence-electron chi connectivity index (χ2n) is 7.01. The number of aliphatic imine (C=N–C) groups is 3. The summed E-state index contributed by atoms with van der Waals surface area (Å²) in [6.07, 6.45) is -2.84. The highest BCUT2D eigenvalue weighted by molar-refractivity contribution is 7.66. The summed E-state index contributed by atoms with van der Waals surface area (Å²) in [5.41, 5.74) is 3.89. The van der Waals surface area contributed by atoms with Crippen molar-refractivity contribution in [2.24, 2.45) is 20.7 Å². The molecule has 5 unspecified atom stereocenters. The zero-order valence-electron chi connectivity index (χ0n) is 16.0. The fourth-order valence-electron chi connectivity index (χ4n) is 3.11. The Morgan fingerprint density at radius 1 is 1.16 bits per heavy atom. The summed E-state index contributed by atoms with van der Waals surface area (Å²) < 4.78 is 51.4. The third-order valence-corrected chi connectivity index (χ3v) is 8.32. The molecule has 0 spiro atoms.